The molecule has 8 heteroatoms. The van der Waals surface area contributed by atoms with Gasteiger partial charge in [0.25, 0.3) is 5.91 Å². The standard InChI is InChI=1S/C19H20ClFN2O4/c1-19(2,3)27-18(25)23-15-8-7-13(21)10-16(15)22-17(24)11-26-14-6-4-5-12(20)9-14/h4-10H,11H2,1-3H3,(H,22,24)(H,23,25). The van der Waals surface area contributed by atoms with Crippen LogP contribution >= 0.6 is 11.6 Å². The summed E-state index contributed by atoms with van der Waals surface area (Å²) in [6.07, 6.45) is -0.722. The van der Waals surface area contributed by atoms with E-state index in [1.165, 1.54) is 6.07 Å². The number of hydrogen-bond acceptors (Lipinski definition) is 4. The van der Waals surface area contributed by atoms with E-state index in [0.29, 0.717) is 10.8 Å². The molecule has 0 aromatic heterocycles. The molecule has 2 aromatic carbocycles. The molecule has 0 bridgehead atoms. The number of carbonyl (C=O) groups is 2. The third kappa shape index (κ3) is 7.15. The average Bonchev–Trinajstić information content (AvgIpc) is 2.54. The predicted octanol–water partition coefficient (Wildman–Crippen LogP) is 4.84. The fourth-order valence-electron chi connectivity index (χ4n) is 2.03. The Hall–Kier alpha value is -2.80. The average molecular weight is 395 g/mol. The van der Waals surface area contributed by atoms with Gasteiger partial charge in [0, 0.05) is 5.02 Å². The van der Waals surface area contributed by atoms with E-state index in [2.05, 4.69) is 10.6 Å². The lowest BCUT2D eigenvalue weighted by Crippen LogP contribution is -2.28. The van der Waals surface area contributed by atoms with Crippen molar-refractivity contribution >= 4 is 35.0 Å². The van der Waals surface area contributed by atoms with E-state index in [4.69, 9.17) is 21.1 Å². The lowest BCUT2D eigenvalue weighted by Gasteiger charge is -2.20. The summed E-state index contributed by atoms with van der Waals surface area (Å²) in [5, 5.41) is 5.45. The van der Waals surface area contributed by atoms with Crippen LogP contribution in [-0.2, 0) is 9.53 Å². The van der Waals surface area contributed by atoms with Gasteiger partial charge in [-0.1, -0.05) is 17.7 Å². The van der Waals surface area contributed by atoms with E-state index < -0.39 is 23.4 Å². The van der Waals surface area contributed by atoms with Crippen molar-refractivity contribution in [3.05, 3.63) is 53.3 Å². The Morgan fingerprint density at radius 2 is 1.81 bits per heavy atom. The van der Waals surface area contributed by atoms with Gasteiger partial charge in [-0.2, -0.15) is 0 Å². The smallest absolute Gasteiger partial charge is 0.412 e. The van der Waals surface area contributed by atoms with Crippen molar-refractivity contribution in [3.8, 4) is 5.75 Å². The van der Waals surface area contributed by atoms with Crippen molar-refractivity contribution in [2.75, 3.05) is 17.2 Å². The van der Waals surface area contributed by atoms with Crippen molar-refractivity contribution < 1.29 is 23.5 Å². The van der Waals surface area contributed by atoms with E-state index in [1.54, 1.807) is 45.0 Å². The highest BCUT2D eigenvalue weighted by molar-refractivity contribution is 6.30. The minimum absolute atomic E-state index is 0.0838. The van der Waals surface area contributed by atoms with Crippen LogP contribution < -0.4 is 15.4 Å². The van der Waals surface area contributed by atoms with Crippen LogP contribution in [0, 0.1) is 5.82 Å². The topological polar surface area (TPSA) is 76.7 Å². The number of ether oxygens (including phenoxy) is 2. The predicted molar refractivity (Wildman–Crippen MR) is 102 cm³/mol. The zero-order valence-electron chi connectivity index (χ0n) is 15.1. The Morgan fingerprint density at radius 3 is 2.48 bits per heavy atom. The van der Waals surface area contributed by atoms with Gasteiger partial charge in [-0.05, 0) is 57.2 Å². The first-order valence-electron chi connectivity index (χ1n) is 8.10. The molecule has 0 unspecified atom stereocenters. The van der Waals surface area contributed by atoms with Crippen molar-refractivity contribution in [2.24, 2.45) is 0 Å². The second kappa shape index (κ2) is 8.73. The molecule has 2 rings (SSSR count). The number of amides is 2. The Labute approximate surface area is 161 Å². The fourth-order valence-corrected chi connectivity index (χ4v) is 2.21. The maximum atomic E-state index is 13.6. The lowest BCUT2D eigenvalue weighted by molar-refractivity contribution is -0.118. The van der Waals surface area contributed by atoms with Crippen LogP contribution in [0.4, 0.5) is 20.6 Å². The van der Waals surface area contributed by atoms with E-state index in [-0.39, 0.29) is 18.0 Å². The molecule has 2 amide bonds. The highest BCUT2D eigenvalue weighted by Crippen LogP contribution is 2.24. The molecule has 27 heavy (non-hydrogen) atoms. The SMILES string of the molecule is CC(C)(C)OC(=O)Nc1ccc(F)cc1NC(=O)COc1cccc(Cl)c1. The third-order valence-electron chi connectivity index (χ3n) is 3.06. The molecular formula is C19H20ClFN2O4. The molecule has 0 aliphatic carbocycles. The molecule has 0 atom stereocenters. The van der Waals surface area contributed by atoms with E-state index in [1.807, 2.05) is 0 Å². The molecule has 0 saturated carbocycles. The first-order valence-corrected chi connectivity index (χ1v) is 8.48. The van der Waals surface area contributed by atoms with Crippen LogP contribution in [0.15, 0.2) is 42.5 Å². The fraction of sp³-hybridized carbons (Fsp3) is 0.263. The number of benzene rings is 2. The van der Waals surface area contributed by atoms with Crippen LogP contribution in [-0.4, -0.2) is 24.2 Å². The van der Waals surface area contributed by atoms with Gasteiger partial charge in [0.15, 0.2) is 6.61 Å². The lowest BCUT2D eigenvalue weighted by atomic mass is 10.2. The van der Waals surface area contributed by atoms with Crippen LogP contribution in [0.1, 0.15) is 20.8 Å². The van der Waals surface area contributed by atoms with Gasteiger partial charge in [-0.3, -0.25) is 10.1 Å². The monoisotopic (exact) mass is 394 g/mol. The zero-order valence-corrected chi connectivity index (χ0v) is 15.9. The van der Waals surface area contributed by atoms with Crippen LogP contribution in [0.2, 0.25) is 5.02 Å². The van der Waals surface area contributed by atoms with Gasteiger partial charge in [-0.25, -0.2) is 9.18 Å². The summed E-state index contributed by atoms with van der Waals surface area (Å²) in [5.41, 5.74) is -0.416. The molecule has 144 valence electrons. The molecule has 0 fully saturated rings. The first kappa shape index (κ1) is 20.5. The van der Waals surface area contributed by atoms with Gasteiger partial charge < -0.3 is 14.8 Å². The third-order valence-corrected chi connectivity index (χ3v) is 3.29. The minimum atomic E-state index is -0.722. The molecule has 0 spiro atoms. The Balaban J connectivity index is 2.03. The zero-order chi connectivity index (χ0) is 20.0. The minimum Gasteiger partial charge on any atom is -0.484 e. The van der Waals surface area contributed by atoms with Crippen LogP contribution in [0.25, 0.3) is 0 Å². The van der Waals surface area contributed by atoms with Gasteiger partial charge in [0.2, 0.25) is 0 Å². The maximum Gasteiger partial charge on any atom is 0.412 e. The number of halogens is 2. The van der Waals surface area contributed by atoms with Crippen molar-refractivity contribution in [2.45, 2.75) is 26.4 Å². The van der Waals surface area contributed by atoms with Gasteiger partial charge in [-0.15, -0.1) is 0 Å². The summed E-state index contributed by atoms with van der Waals surface area (Å²) in [6.45, 7) is 4.83. The van der Waals surface area contributed by atoms with E-state index in [9.17, 15) is 14.0 Å². The Kier molecular flexibility index (Phi) is 6.63. The first-order chi connectivity index (χ1) is 12.6. The van der Waals surface area contributed by atoms with Crippen LogP contribution in [0.5, 0.6) is 5.75 Å². The highest BCUT2D eigenvalue weighted by atomic mass is 35.5. The molecule has 0 aliphatic heterocycles. The summed E-state index contributed by atoms with van der Waals surface area (Å²) >= 11 is 5.85. The number of hydrogen-bond donors (Lipinski definition) is 2. The maximum absolute atomic E-state index is 13.6. The van der Waals surface area contributed by atoms with Gasteiger partial charge >= 0.3 is 6.09 Å². The van der Waals surface area contributed by atoms with Gasteiger partial charge in [0.05, 0.1) is 11.4 Å². The second-order valence-electron chi connectivity index (χ2n) is 6.61. The number of anilines is 2. The van der Waals surface area contributed by atoms with E-state index >= 15 is 0 Å². The molecule has 2 N–H and O–H groups in total. The summed E-state index contributed by atoms with van der Waals surface area (Å²) in [4.78, 5) is 24.0. The van der Waals surface area contributed by atoms with Crippen molar-refractivity contribution in [1.82, 2.24) is 0 Å². The van der Waals surface area contributed by atoms with Crippen molar-refractivity contribution in [3.63, 3.8) is 0 Å². The highest BCUT2D eigenvalue weighted by Gasteiger charge is 2.18. The van der Waals surface area contributed by atoms with Gasteiger partial charge in [0.1, 0.15) is 17.2 Å². The second-order valence-corrected chi connectivity index (χ2v) is 7.05. The molecule has 6 nitrogen and oxygen atoms in total. The van der Waals surface area contributed by atoms with Crippen LogP contribution in [0.3, 0.4) is 0 Å². The van der Waals surface area contributed by atoms with E-state index in [0.717, 1.165) is 12.1 Å². The molecule has 0 aliphatic rings. The molecule has 0 radical (unpaired) electrons. The number of nitrogens with one attached hydrogen (secondary N) is 2. The Bertz CT molecular complexity index is 837. The number of rotatable bonds is 5. The normalized spacial score (nSPS) is 10.9. The summed E-state index contributed by atoms with van der Waals surface area (Å²) in [5.74, 6) is -0.687. The molecule has 0 saturated heterocycles. The molecule has 0 heterocycles. The van der Waals surface area contributed by atoms with Crippen molar-refractivity contribution in [1.29, 1.82) is 0 Å². The summed E-state index contributed by atoms with van der Waals surface area (Å²) < 4.78 is 24.1. The molecule has 2 aromatic rings. The molecular weight excluding hydrogens is 375 g/mol. The Morgan fingerprint density at radius 1 is 1.07 bits per heavy atom. The quantitative estimate of drug-likeness (QED) is 0.760. The summed E-state index contributed by atoms with van der Waals surface area (Å²) in [7, 11) is 0. The largest absolute Gasteiger partial charge is 0.484 e. The summed E-state index contributed by atoms with van der Waals surface area (Å²) in [6, 6.07) is 10.1. The number of carbonyl (C=O) groups excluding carboxylic acids is 2.